The highest BCUT2D eigenvalue weighted by Gasteiger charge is 2.38. The number of carboxylic acid groups (broad SMARTS) is 1. The van der Waals surface area contributed by atoms with Crippen LogP contribution in [0, 0.1) is 5.92 Å². The average molecular weight is 212 g/mol. The smallest absolute Gasteiger partial charge is 0.323 e. The van der Waals surface area contributed by atoms with E-state index in [0.29, 0.717) is 18.9 Å². The number of hydrogen-bond donors (Lipinski definition) is 2. The fourth-order valence-corrected chi connectivity index (χ4v) is 1.56. The lowest BCUT2D eigenvalue weighted by Gasteiger charge is -2.26. The van der Waals surface area contributed by atoms with Gasteiger partial charge in [-0.05, 0) is 24.8 Å². The third-order valence-corrected chi connectivity index (χ3v) is 2.66. The monoisotopic (exact) mass is 212 g/mol. The fraction of sp³-hybridized carbons (Fsp3) is 0.889. The van der Waals surface area contributed by atoms with Gasteiger partial charge in [0.2, 0.25) is 0 Å². The predicted molar refractivity (Wildman–Crippen MR) is 55.4 cm³/mol. The first-order valence-corrected chi connectivity index (χ1v) is 5.08. The summed E-state index contributed by atoms with van der Waals surface area (Å²) >= 11 is 0. The summed E-state index contributed by atoms with van der Waals surface area (Å²) in [4.78, 5) is 13.7. The molecule has 0 bridgehead atoms. The van der Waals surface area contributed by atoms with Gasteiger partial charge < -0.3 is 10.4 Å². The van der Waals surface area contributed by atoms with Crippen LogP contribution in [0.4, 0.5) is 0 Å². The molecule has 0 radical (unpaired) electrons. The highest BCUT2D eigenvalue weighted by atomic mass is 16.4. The first kappa shape index (κ1) is 11.8. The van der Waals surface area contributed by atoms with Gasteiger partial charge >= 0.3 is 5.97 Å². The van der Waals surface area contributed by atoms with Crippen LogP contribution in [0.1, 0.15) is 26.2 Å². The van der Waals surface area contributed by atoms with Gasteiger partial charge in [0.15, 0.2) is 0 Å². The van der Waals surface area contributed by atoms with Crippen molar-refractivity contribution in [2.75, 3.05) is 13.1 Å². The Balaban J connectivity index is 2.40. The van der Waals surface area contributed by atoms with Gasteiger partial charge in [-0.1, -0.05) is 18.0 Å². The van der Waals surface area contributed by atoms with E-state index in [0.717, 1.165) is 12.8 Å². The van der Waals surface area contributed by atoms with Crippen LogP contribution < -0.4 is 5.32 Å². The van der Waals surface area contributed by atoms with E-state index in [2.05, 4.69) is 15.3 Å². The minimum absolute atomic E-state index is 0.282. The van der Waals surface area contributed by atoms with Crippen molar-refractivity contribution in [2.45, 2.75) is 31.7 Å². The Morgan fingerprint density at radius 1 is 1.73 bits per heavy atom. The number of carboxylic acids is 1. The lowest BCUT2D eigenvalue weighted by molar-refractivity contribution is -0.144. The van der Waals surface area contributed by atoms with E-state index >= 15 is 0 Å². The Morgan fingerprint density at radius 3 is 2.87 bits per heavy atom. The molecule has 0 aliphatic heterocycles. The summed E-state index contributed by atoms with van der Waals surface area (Å²) in [5, 5.41) is 15.4. The summed E-state index contributed by atoms with van der Waals surface area (Å²) in [6.45, 7) is 2.37. The van der Waals surface area contributed by atoms with Gasteiger partial charge in [0.25, 0.3) is 0 Å². The molecule has 84 valence electrons. The number of nitrogens with zero attached hydrogens (tertiary/aromatic N) is 3. The van der Waals surface area contributed by atoms with Gasteiger partial charge in [-0.2, -0.15) is 0 Å². The molecule has 6 nitrogen and oxygen atoms in total. The molecule has 1 fully saturated rings. The molecule has 0 heterocycles. The van der Waals surface area contributed by atoms with Crippen LogP contribution in [-0.2, 0) is 4.79 Å². The maximum atomic E-state index is 11.1. The molecule has 1 unspecified atom stereocenters. The van der Waals surface area contributed by atoms with Crippen molar-refractivity contribution in [3.8, 4) is 0 Å². The van der Waals surface area contributed by atoms with E-state index < -0.39 is 11.5 Å². The van der Waals surface area contributed by atoms with Crippen LogP contribution >= 0.6 is 0 Å². The standard InChI is InChI=1S/C9H16N4O2/c1-9(8(14)15,6-7-2-3-7)11-4-5-12-13-10/h7,11H,2-6H2,1H3,(H,14,15). The molecule has 0 amide bonds. The van der Waals surface area contributed by atoms with Crippen molar-refractivity contribution >= 4 is 5.97 Å². The van der Waals surface area contributed by atoms with Gasteiger partial charge in [-0.15, -0.1) is 0 Å². The van der Waals surface area contributed by atoms with Gasteiger partial charge in [-0.3, -0.25) is 4.79 Å². The molecule has 1 saturated carbocycles. The third kappa shape index (κ3) is 3.77. The maximum absolute atomic E-state index is 11.1. The van der Waals surface area contributed by atoms with Crippen LogP contribution in [0.25, 0.3) is 10.4 Å². The molecular weight excluding hydrogens is 196 g/mol. The normalized spacial score (nSPS) is 19.0. The molecule has 0 saturated heterocycles. The molecule has 0 aromatic rings. The zero-order valence-electron chi connectivity index (χ0n) is 8.81. The number of aliphatic carboxylic acids is 1. The van der Waals surface area contributed by atoms with E-state index in [4.69, 9.17) is 10.6 Å². The quantitative estimate of drug-likeness (QED) is 0.290. The molecule has 1 aliphatic carbocycles. The molecule has 0 spiro atoms. The molecule has 0 aromatic carbocycles. The Bertz CT molecular complexity index is 284. The zero-order chi connectivity index (χ0) is 11.3. The van der Waals surface area contributed by atoms with Gasteiger partial charge in [-0.25, -0.2) is 0 Å². The second kappa shape index (κ2) is 5.00. The van der Waals surface area contributed by atoms with Crippen LogP contribution in [0.15, 0.2) is 5.11 Å². The average Bonchev–Trinajstić information content (AvgIpc) is 2.96. The minimum Gasteiger partial charge on any atom is -0.480 e. The lowest BCUT2D eigenvalue weighted by Crippen LogP contribution is -2.50. The lowest BCUT2D eigenvalue weighted by atomic mass is 9.95. The summed E-state index contributed by atoms with van der Waals surface area (Å²) in [6.07, 6.45) is 2.90. The fourth-order valence-electron chi connectivity index (χ4n) is 1.56. The van der Waals surface area contributed by atoms with E-state index in [9.17, 15) is 4.79 Å². The minimum atomic E-state index is -0.883. The van der Waals surface area contributed by atoms with Crippen molar-refractivity contribution in [1.29, 1.82) is 0 Å². The zero-order valence-corrected chi connectivity index (χ0v) is 8.81. The molecule has 1 aliphatic rings. The Morgan fingerprint density at radius 2 is 2.40 bits per heavy atom. The van der Waals surface area contributed by atoms with Crippen molar-refractivity contribution in [3.63, 3.8) is 0 Å². The summed E-state index contributed by atoms with van der Waals surface area (Å²) in [5.41, 5.74) is 7.19. The largest absolute Gasteiger partial charge is 0.480 e. The summed E-state index contributed by atoms with van der Waals surface area (Å²) in [6, 6.07) is 0. The summed E-state index contributed by atoms with van der Waals surface area (Å²) in [5.74, 6) is -0.298. The molecular formula is C9H16N4O2. The topological polar surface area (TPSA) is 98.1 Å². The second-order valence-electron chi connectivity index (χ2n) is 4.17. The van der Waals surface area contributed by atoms with E-state index in [1.54, 1.807) is 6.92 Å². The Labute approximate surface area is 88.3 Å². The van der Waals surface area contributed by atoms with Crippen LogP contribution in [0.5, 0.6) is 0 Å². The SMILES string of the molecule is CC(CC1CC1)(NCCN=[N+]=[N-])C(=O)O. The van der Waals surface area contributed by atoms with Gasteiger partial charge in [0.1, 0.15) is 5.54 Å². The molecule has 6 heteroatoms. The number of carbonyl (C=O) groups is 1. The second-order valence-corrected chi connectivity index (χ2v) is 4.17. The predicted octanol–water partition coefficient (Wildman–Crippen LogP) is 1.53. The molecule has 15 heavy (non-hydrogen) atoms. The third-order valence-electron chi connectivity index (χ3n) is 2.66. The Kier molecular flexibility index (Phi) is 3.94. The van der Waals surface area contributed by atoms with Crippen LogP contribution in [0.3, 0.4) is 0 Å². The first-order chi connectivity index (χ1) is 7.08. The number of hydrogen-bond acceptors (Lipinski definition) is 3. The molecule has 1 atom stereocenters. The van der Waals surface area contributed by atoms with E-state index in [-0.39, 0.29) is 6.54 Å². The molecule has 0 aromatic heterocycles. The van der Waals surface area contributed by atoms with Crippen LogP contribution in [-0.4, -0.2) is 29.7 Å². The number of nitrogens with one attached hydrogen (secondary N) is 1. The highest BCUT2D eigenvalue weighted by Crippen LogP contribution is 2.36. The summed E-state index contributed by atoms with van der Waals surface area (Å²) < 4.78 is 0. The number of rotatable bonds is 7. The van der Waals surface area contributed by atoms with Crippen molar-refractivity contribution in [2.24, 2.45) is 11.0 Å². The Hall–Kier alpha value is -1.26. The van der Waals surface area contributed by atoms with Crippen molar-refractivity contribution in [1.82, 2.24) is 5.32 Å². The van der Waals surface area contributed by atoms with Crippen molar-refractivity contribution < 1.29 is 9.90 Å². The van der Waals surface area contributed by atoms with Crippen molar-refractivity contribution in [3.05, 3.63) is 10.4 Å². The molecule has 1 rings (SSSR count). The first-order valence-electron chi connectivity index (χ1n) is 5.08. The van der Waals surface area contributed by atoms with Gasteiger partial charge in [0.05, 0.1) is 0 Å². The van der Waals surface area contributed by atoms with E-state index in [1.807, 2.05) is 0 Å². The van der Waals surface area contributed by atoms with Gasteiger partial charge in [0, 0.05) is 18.0 Å². The summed E-state index contributed by atoms with van der Waals surface area (Å²) in [7, 11) is 0. The highest BCUT2D eigenvalue weighted by molar-refractivity contribution is 5.78. The maximum Gasteiger partial charge on any atom is 0.323 e. The molecule has 2 N–H and O–H groups in total. The van der Waals surface area contributed by atoms with Crippen LogP contribution in [0.2, 0.25) is 0 Å². The number of azide groups is 1. The van der Waals surface area contributed by atoms with E-state index in [1.165, 1.54) is 0 Å².